The van der Waals surface area contributed by atoms with Crippen LogP contribution in [0.15, 0.2) is 47.9 Å². The van der Waals surface area contributed by atoms with Crippen molar-refractivity contribution >= 4 is 15.9 Å². The Morgan fingerprint density at radius 2 is 1.96 bits per heavy atom. The van der Waals surface area contributed by atoms with E-state index in [2.05, 4.69) is 15.0 Å². The topological polar surface area (TPSA) is 93.1 Å². The minimum atomic E-state index is -4.17. The van der Waals surface area contributed by atoms with E-state index >= 15 is 0 Å². The van der Waals surface area contributed by atoms with E-state index in [1.165, 1.54) is 12.1 Å². The molecule has 9 heteroatoms. The summed E-state index contributed by atoms with van der Waals surface area (Å²) in [6.07, 6.45) is 5.03. The first-order valence-electron chi connectivity index (χ1n) is 8.23. The van der Waals surface area contributed by atoms with E-state index in [1.54, 1.807) is 44.1 Å². The standard InChI is InChI=1S/C17H23FN4O3S/c1-12(2)16(17(23)20-13(3)10-22-9-8-19-11-22)21-26(24,25)15-7-5-4-6-14(15)18/h4-9,11-13,16,21H,10H2,1-3H3,(H,20,23)/t13?,16-/m0/s1. The molecule has 0 bridgehead atoms. The molecule has 0 fully saturated rings. The number of imidazole rings is 1. The van der Waals surface area contributed by atoms with E-state index in [4.69, 9.17) is 0 Å². The summed E-state index contributed by atoms with van der Waals surface area (Å²) >= 11 is 0. The van der Waals surface area contributed by atoms with Gasteiger partial charge in [-0.2, -0.15) is 4.72 Å². The molecular weight excluding hydrogens is 359 g/mol. The molecule has 0 radical (unpaired) electrons. The molecule has 0 saturated carbocycles. The summed E-state index contributed by atoms with van der Waals surface area (Å²) in [5, 5.41) is 2.78. The number of carbonyl (C=O) groups is 1. The highest BCUT2D eigenvalue weighted by Gasteiger charge is 2.30. The maximum atomic E-state index is 13.8. The molecule has 1 heterocycles. The van der Waals surface area contributed by atoms with Crippen molar-refractivity contribution in [2.75, 3.05) is 0 Å². The molecule has 2 atom stereocenters. The molecule has 0 aliphatic heterocycles. The largest absolute Gasteiger partial charge is 0.350 e. The van der Waals surface area contributed by atoms with Crippen LogP contribution in [-0.2, 0) is 21.4 Å². The SMILES string of the molecule is CC(Cn1ccnc1)NC(=O)[C@@H](NS(=O)(=O)c1ccccc1F)C(C)C. The molecule has 1 unspecified atom stereocenters. The van der Waals surface area contributed by atoms with Gasteiger partial charge in [-0.3, -0.25) is 4.79 Å². The molecule has 7 nitrogen and oxygen atoms in total. The van der Waals surface area contributed by atoms with Crippen LogP contribution in [0, 0.1) is 11.7 Å². The quantitative estimate of drug-likeness (QED) is 0.724. The first-order valence-corrected chi connectivity index (χ1v) is 9.72. The number of nitrogens with one attached hydrogen (secondary N) is 2. The summed E-state index contributed by atoms with van der Waals surface area (Å²) in [5.74, 6) is -1.65. The zero-order valence-corrected chi connectivity index (χ0v) is 15.7. The second-order valence-electron chi connectivity index (χ2n) is 6.44. The molecule has 0 aliphatic carbocycles. The Hall–Kier alpha value is -2.26. The van der Waals surface area contributed by atoms with Crippen LogP contribution < -0.4 is 10.0 Å². The van der Waals surface area contributed by atoms with Crippen molar-refractivity contribution in [3.63, 3.8) is 0 Å². The minimum absolute atomic E-state index is 0.240. The van der Waals surface area contributed by atoms with Crippen molar-refractivity contribution in [1.29, 1.82) is 0 Å². The molecule has 1 amide bonds. The lowest BCUT2D eigenvalue weighted by Gasteiger charge is -2.24. The Morgan fingerprint density at radius 3 is 2.54 bits per heavy atom. The molecule has 2 rings (SSSR count). The normalized spacial score (nSPS) is 14.2. The zero-order chi connectivity index (χ0) is 19.3. The molecule has 2 aromatic rings. The maximum absolute atomic E-state index is 13.8. The first kappa shape index (κ1) is 20.1. The van der Waals surface area contributed by atoms with Gasteiger partial charge in [0.1, 0.15) is 16.8 Å². The summed E-state index contributed by atoms with van der Waals surface area (Å²) in [4.78, 5) is 16.0. The Morgan fingerprint density at radius 1 is 1.27 bits per heavy atom. The average Bonchev–Trinajstić information content (AvgIpc) is 3.05. The summed E-state index contributed by atoms with van der Waals surface area (Å²) in [7, 11) is -4.17. The first-order chi connectivity index (χ1) is 12.2. The predicted octanol–water partition coefficient (Wildman–Crippen LogP) is 1.53. The van der Waals surface area contributed by atoms with Crippen molar-refractivity contribution in [3.8, 4) is 0 Å². The van der Waals surface area contributed by atoms with E-state index in [0.29, 0.717) is 6.54 Å². The Kier molecular flexibility index (Phi) is 6.49. The Bertz CT molecular complexity index is 837. The van der Waals surface area contributed by atoms with Gasteiger partial charge in [-0.25, -0.2) is 17.8 Å². The number of nitrogens with zero attached hydrogens (tertiary/aromatic N) is 2. The number of amides is 1. The highest BCUT2D eigenvalue weighted by Crippen LogP contribution is 2.15. The van der Waals surface area contributed by atoms with Crippen molar-refractivity contribution in [2.45, 2.75) is 44.3 Å². The summed E-state index contributed by atoms with van der Waals surface area (Å²) < 4.78 is 42.9. The molecule has 2 N–H and O–H groups in total. The summed E-state index contributed by atoms with van der Waals surface area (Å²) in [5.41, 5.74) is 0. The van der Waals surface area contributed by atoms with Crippen LogP contribution in [0.3, 0.4) is 0 Å². The van der Waals surface area contributed by atoms with Crippen molar-refractivity contribution in [3.05, 3.63) is 48.8 Å². The van der Waals surface area contributed by atoms with Crippen LogP contribution in [0.25, 0.3) is 0 Å². The number of hydrogen-bond acceptors (Lipinski definition) is 4. The van der Waals surface area contributed by atoms with E-state index in [9.17, 15) is 17.6 Å². The molecule has 142 valence electrons. The molecule has 1 aromatic heterocycles. The van der Waals surface area contributed by atoms with Crippen LogP contribution in [0.5, 0.6) is 0 Å². The van der Waals surface area contributed by atoms with Gasteiger partial charge < -0.3 is 9.88 Å². The molecular formula is C17H23FN4O3S. The number of hydrogen-bond donors (Lipinski definition) is 2. The number of sulfonamides is 1. The lowest BCUT2D eigenvalue weighted by Crippen LogP contribution is -2.52. The third kappa shape index (κ3) is 5.12. The van der Waals surface area contributed by atoms with E-state index in [-0.39, 0.29) is 12.0 Å². The Balaban J connectivity index is 2.10. The lowest BCUT2D eigenvalue weighted by molar-refractivity contribution is -0.124. The Labute approximate surface area is 152 Å². The minimum Gasteiger partial charge on any atom is -0.350 e. The van der Waals surface area contributed by atoms with Gasteiger partial charge in [-0.05, 0) is 25.0 Å². The molecule has 0 aliphatic rings. The van der Waals surface area contributed by atoms with Gasteiger partial charge in [0.15, 0.2) is 0 Å². The van der Waals surface area contributed by atoms with Crippen molar-refractivity contribution < 1.29 is 17.6 Å². The highest BCUT2D eigenvalue weighted by atomic mass is 32.2. The molecule has 1 aromatic carbocycles. The van der Waals surface area contributed by atoms with Crippen LogP contribution in [0.2, 0.25) is 0 Å². The molecule has 26 heavy (non-hydrogen) atoms. The fourth-order valence-corrected chi connectivity index (χ4v) is 3.90. The smallest absolute Gasteiger partial charge is 0.244 e. The molecule has 0 saturated heterocycles. The second kappa shape index (κ2) is 8.41. The molecule has 0 spiro atoms. The van der Waals surface area contributed by atoms with Crippen LogP contribution >= 0.6 is 0 Å². The van der Waals surface area contributed by atoms with E-state index in [1.807, 2.05) is 0 Å². The third-order valence-corrected chi connectivity index (χ3v) is 5.26. The lowest BCUT2D eigenvalue weighted by atomic mass is 10.0. The second-order valence-corrected chi connectivity index (χ2v) is 8.12. The highest BCUT2D eigenvalue weighted by molar-refractivity contribution is 7.89. The number of aromatic nitrogens is 2. The number of benzene rings is 1. The van der Waals surface area contributed by atoms with Gasteiger partial charge in [0, 0.05) is 25.0 Å². The van der Waals surface area contributed by atoms with E-state index < -0.39 is 32.7 Å². The van der Waals surface area contributed by atoms with Gasteiger partial charge in [0.25, 0.3) is 0 Å². The number of halogens is 1. The number of rotatable bonds is 8. The van der Waals surface area contributed by atoms with Gasteiger partial charge in [0.05, 0.1) is 6.33 Å². The van der Waals surface area contributed by atoms with Gasteiger partial charge in [-0.1, -0.05) is 26.0 Å². The third-order valence-electron chi connectivity index (χ3n) is 3.79. The van der Waals surface area contributed by atoms with Crippen molar-refractivity contribution in [2.24, 2.45) is 5.92 Å². The fraction of sp³-hybridized carbons (Fsp3) is 0.412. The fourth-order valence-electron chi connectivity index (χ4n) is 2.47. The van der Waals surface area contributed by atoms with Crippen LogP contribution in [-0.4, -0.2) is 36.0 Å². The van der Waals surface area contributed by atoms with Gasteiger partial charge in [0.2, 0.25) is 15.9 Å². The summed E-state index contributed by atoms with van der Waals surface area (Å²) in [6.45, 7) is 5.74. The average molecular weight is 382 g/mol. The zero-order valence-electron chi connectivity index (χ0n) is 14.9. The number of carbonyl (C=O) groups excluding carboxylic acids is 1. The van der Waals surface area contributed by atoms with Gasteiger partial charge in [-0.15, -0.1) is 0 Å². The van der Waals surface area contributed by atoms with E-state index in [0.717, 1.165) is 12.1 Å². The van der Waals surface area contributed by atoms with Crippen LogP contribution in [0.1, 0.15) is 20.8 Å². The monoisotopic (exact) mass is 382 g/mol. The maximum Gasteiger partial charge on any atom is 0.244 e. The predicted molar refractivity (Wildman–Crippen MR) is 95.2 cm³/mol. The van der Waals surface area contributed by atoms with Crippen LogP contribution in [0.4, 0.5) is 4.39 Å². The summed E-state index contributed by atoms with van der Waals surface area (Å²) in [6, 6.07) is 3.79. The van der Waals surface area contributed by atoms with Crippen molar-refractivity contribution in [1.82, 2.24) is 19.6 Å². The van der Waals surface area contributed by atoms with Gasteiger partial charge >= 0.3 is 0 Å².